The van der Waals surface area contributed by atoms with Crippen molar-refractivity contribution in [3.05, 3.63) is 57.8 Å². The van der Waals surface area contributed by atoms with Crippen molar-refractivity contribution < 1.29 is 14.3 Å². The number of anilines is 2. The zero-order chi connectivity index (χ0) is 24.9. The van der Waals surface area contributed by atoms with Crippen LogP contribution in [-0.4, -0.2) is 33.4 Å². The highest BCUT2D eigenvalue weighted by Gasteiger charge is 2.18. The number of para-hydroxylation sites is 1. The highest BCUT2D eigenvalue weighted by atomic mass is 35.5. The normalized spacial score (nSPS) is 11.2. The van der Waals surface area contributed by atoms with Gasteiger partial charge in [0.15, 0.2) is 10.9 Å². The van der Waals surface area contributed by atoms with Gasteiger partial charge in [0.2, 0.25) is 5.91 Å². The van der Waals surface area contributed by atoms with Crippen molar-refractivity contribution in [1.29, 1.82) is 0 Å². The van der Waals surface area contributed by atoms with Crippen LogP contribution in [0.2, 0.25) is 15.2 Å². The average Bonchev–Trinajstić information content (AvgIpc) is 3.18. The molecule has 0 aliphatic carbocycles. The quantitative estimate of drug-likeness (QED) is 0.277. The lowest BCUT2D eigenvalue weighted by atomic mass is 9.91. The van der Waals surface area contributed by atoms with Gasteiger partial charge in [-0.05, 0) is 42.2 Å². The second-order valence-corrected chi connectivity index (χ2v) is 9.93. The molecule has 0 unspecified atom stereocenters. The largest absolute Gasteiger partial charge is 0.423 e. The minimum absolute atomic E-state index is 0.00454. The molecular weight excluding hydrogens is 501 g/mol. The molecule has 8 nitrogen and oxygen atoms in total. The fourth-order valence-corrected chi connectivity index (χ4v) is 3.44. The van der Waals surface area contributed by atoms with Crippen LogP contribution in [-0.2, 0) is 9.59 Å². The lowest BCUT2D eigenvalue weighted by Gasteiger charge is -2.18. The number of hydrogen-bond donors (Lipinski definition) is 2. The van der Waals surface area contributed by atoms with Crippen LogP contribution in [0.4, 0.5) is 11.4 Å². The van der Waals surface area contributed by atoms with Crippen molar-refractivity contribution >= 4 is 58.1 Å². The maximum Gasteiger partial charge on any atom is 0.311 e. The molecule has 11 heteroatoms. The fraction of sp³-hybridized carbons (Fsp3) is 0.304. The van der Waals surface area contributed by atoms with Gasteiger partial charge in [0, 0.05) is 11.4 Å². The number of nitrogens with one attached hydrogen (secondary N) is 2. The first kappa shape index (κ1) is 25.8. The SMILES string of the molecule is CC(C)(C)CCC(=O)Oc1c(Cl)cccc1NCC(=O)Nc1cc(Cl)ccc1-n1cc(Cl)nn1. The number of esters is 1. The van der Waals surface area contributed by atoms with E-state index < -0.39 is 5.97 Å². The zero-order valence-electron chi connectivity index (χ0n) is 18.9. The first-order chi connectivity index (χ1) is 16.0. The van der Waals surface area contributed by atoms with Gasteiger partial charge >= 0.3 is 5.97 Å². The number of carbonyl (C=O) groups excluding carboxylic acids is 2. The van der Waals surface area contributed by atoms with Crippen molar-refractivity contribution in [3.63, 3.8) is 0 Å². The van der Waals surface area contributed by atoms with Gasteiger partial charge in [-0.3, -0.25) is 9.59 Å². The molecule has 0 saturated heterocycles. The van der Waals surface area contributed by atoms with E-state index in [2.05, 4.69) is 20.9 Å². The van der Waals surface area contributed by atoms with Crippen LogP contribution in [0, 0.1) is 5.41 Å². The van der Waals surface area contributed by atoms with Gasteiger partial charge in [-0.2, -0.15) is 0 Å². The van der Waals surface area contributed by atoms with Gasteiger partial charge in [0.1, 0.15) is 0 Å². The van der Waals surface area contributed by atoms with E-state index in [0.29, 0.717) is 28.5 Å². The molecule has 1 amide bonds. The van der Waals surface area contributed by atoms with E-state index >= 15 is 0 Å². The van der Waals surface area contributed by atoms with E-state index in [1.165, 1.54) is 10.9 Å². The molecule has 1 aromatic heterocycles. The molecule has 2 N–H and O–H groups in total. The first-order valence-electron chi connectivity index (χ1n) is 10.4. The molecule has 2 aromatic carbocycles. The zero-order valence-corrected chi connectivity index (χ0v) is 21.1. The van der Waals surface area contributed by atoms with Crippen LogP contribution in [0.15, 0.2) is 42.6 Å². The van der Waals surface area contributed by atoms with Crippen LogP contribution in [0.1, 0.15) is 33.6 Å². The van der Waals surface area contributed by atoms with E-state index in [0.717, 1.165) is 0 Å². The second-order valence-electron chi connectivity index (χ2n) is 8.70. The van der Waals surface area contributed by atoms with Gasteiger partial charge in [-0.25, -0.2) is 4.68 Å². The molecule has 0 aliphatic heterocycles. The molecule has 0 bridgehead atoms. The summed E-state index contributed by atoms with van der Waals surface area (Å²) in [6.45, 7) is 6.01. The Kier molecular flexibility index (Phi) is 8.41. The minimum Gasteiger partial charge on any atom is -0.423 e. The Morgan fingerprint density at radius 1 is 1.09 bits per heavy atom. The molecule has 0 saturated carbocycles. The summed E-state index contributed by atoms with van der Waals surface area (Å²) in [4.78, 5) is 25.0. The van der Waals surface area contributed by atoms with Crippen molar-refractivity contribution in [3.8, 4) is 11.4 Å². The maximum absolute atomic E-state index is 12.7. The molecule has 1 heterocycles. The molecule has 0 spiro atoms. The average molecular weight is 525 g/mol. The maximum atomic E-state index is 12.7. The van der Waals surface area contributed by atoms with Gasteiger partial charge in [0.05, 0.1) is 34.8 Å². The molecule has 0 fully saturated rings. The molecule has 0 atom stereocenters. The fourth-order valence-electron chi connectivity index (χ4n) is 2.93. The van der Waals surface area contributed by atoms with E-state index in [1.807, 2.05) is 20.8 Å². The van der Waals surface area contributed by atoms with Gasteiger partial charge in [0.25, 0.3) is 0 Å². The Balaban J connectivity index is 1.69. The number of nitrogens with zero attached hydrogens (tertiary/aromatic N) is 3. The van der Waals surface area contributed by atoms with E-state index in [4.69, 9.17) is 39.5 Å². The number of benzene rings is 2. The molecule has 3 rings (SSSR count). The van der Waals surface area contributed by atoms with Crippen molar-refractivity contribution in [2.45, 2.75) is 33.6 Å². The monoisotopic (exact) mass is 523 g/mol. The molecular formula is C23H24Cl3N5O3. The number of hydrogen-bond acceptors (Lipinski definition) is 6. The van der Waals surface area contributed by atoms with Gasteiger partial charge < -0.3 is 15.4 Å². The summed E-state index contributed by atoms with van der Waals surface area (Å²) >= 11 is 18.2. The van der Waals surface area contributed by atoms with Crippen molar-refractivity contribution in [1.82, 2.24) is 15.0 Å². The second kappa shape index (κ2) is 11.1. The number of amides is 1. The van der Waals surface area contributed by atoms with Crippen LogP contribution in [0.5, 0.6) is 5.75 Å². The Hall–Kier alpha value is -2.81. The van der Waals surface area contributed by atoms with Gasteiger partial charge in [-0.15, -0.1) is 5.10 Å². The van der Waals surface area contributed by atoms with Crippen LogP contribution in [0.3, 0.4) is 0 Å². The molecule has 0 radical (unpaired) electrons. The Bertz CT molecular complexity index is 1190. The lowest BCUT2D eigenvalue weighted by Crippen LogP contribution is -2.23. The smallest absolute Gasteiger partial charge is 0.311 e. The third kappa shape index (κ3) is 7.35. The highest BCUT2D eigenvalue weighted by Crippen LogP contribution is 2.34. The number of rotatable bonds is 8. The van der Waals surface area contributed by atoms with E-state index in [9.17, 15) is 9.59 Å². The summed E-state index contributed by atoms with van der Waals surface area (Å²) in [5.74, 6) is -0.595. The van der Waals surface area contributed by atoms with Crippen molar-refractivity contribution in [2.24, 2.45) is 5.41 Å². The third-order valence-electron chi connectivity index (χ3n) is 4.65. The summed E-state index contributed by atoms with van der Waals surface area (Å²) in [5.41, 5.74) is 1.37. The molecule has 3 aromatic rings. The number of ether oxygens (including phenoxy) is 1. The Labute approximate surface area is 212 Å². The Morgan fingerprint density at radius 3 is 2.53 bits per heavy atom. The number of halogens is 3. The van der Waals surface area contributed by atoms with E-state index in [-0.39, 0.29) is 40.2 Å². The summed E-state index contributed by atoms with van der Waals surface area (Å²) in [7, 11) is 0. The highest BCUT2D eigenvalue weighted by molar-refractivity contribution is 6.32. The summed E-state index contributed by atoms with van der Waals surface area (Å²) < 4.78 is 6.93. The molecule has 34 heavy (non-hydrogen) atoms. The van der Waals surface area contributed by atoms with Crippen LogP contribution < -0.4 is 15.4 Å². The van der Waals surface area contributed by atoms with Crippen molar-refractivity contribution in [2.75, 3.05) is 17.2 Å². The first-order valence-corrected chi connectivity index (χ1v) is 11.6. The summed E-state index contributed by atoms with van der Waals surface area (Å²) in [5, 5.41) is 14.3. The Morgan fingerprint density at radius 2 is 1.85 bits per heavy atom. The predicted molar refractivity (Wildman–Crippen MR) is 134 cm³/mol. The van der Waals surface area contributed by atoms with Crippen LogP contribution >= 0.6 is 34.8 Å². The minimum atomic E-state index is -0.398. The number of carbonyl (C=O) groups is 2. The third-order valence-corrected chi connectivity index (χ3v) is 5.35. The lowest BCUT2D eigenvalue weighted by molar-refractivity contribution is -0.134. The molecule has 0 aliphatic rings. The number of aromatic nitrogens is 3. The predicted octanol–water partition coefficient (Wildman–Crippen LogP) is 6.01. The molecule has 180 valence electrons. The van der Waals surface area contributed by atoms with Gasteiger partial charge in [-0.1, -0.05) is 66.9 Å². The van der Waals surface area contributed by atoms with E-state index in [1.54, 1.807) is 36.4 Å². The summed E-state index contributed by atoms with van der Waals surface area (Å²) in [6, 6.07) is 9.91. The standard InChI is InChI=1S/C23H24Cl3N5O3/c1-23(2,3)10-9-21(33)34-22-15(25)5-4-6-16(22)27-12-20(32)28-17-11-14(24)7-8-18(17)31-13-19(26)29-30-31/h4-8,11,13,27H,9-10,12H2,1-3H3,(H,28,32). The van der Waals surface area contributed by atoms with Crippen LogP contribution in [0.25, 0.3) is 5.69 Å². The summed E-state index contributed by atoms with van der Waals surface area (Å²) in [6.07, 6.45) is 2.42. The topological polar surface area (TPSA) is 98.1 Å².